The number of benzene rings is 1. The van der Waals surface area contributed by atoms with Crippen LogP contribution in [0.1, 0.15) is 11.1 Å². The van der Waals surface area contributed by atoms with E-state index in [1.54, 1.807) is 0 Å². The van der Waals surface area contributed by atoms with E-state index in [2.05, 4.69) is 24.5 Å². The molecule has 3 N–H and O–H groups in total. The fourth-order valence-corrected chi connectivity index (χ4v) is 1.01. The summed E-state index contributed by atoms with van der Waals surface area (Å²) in [7, 11) is 3.56. The van der Waals surface area contributed by atoms with Gasteiger partial charge in [0.15, 0.2) is 0 Å². The van der Waals surface area contributed by atoms with Crippen LogP contribution < -0.4 is 11.1 Å². The third-order valence-electron chi connectivity index (χ3n) is 1.56. The van der Waals surface area contributed by atoms with Crippen LogP contribution in [0.15, 0.2) is 24.3 Å². The van der Waals surface area contributed by atoms with E-state index >= 15 is 0 Å². The van der Waals surface area contributed by atoms with Gasteiger partial charge in [0.1, 0.15) is 6.54 Å². The van der Waals surface area contributed by atoms with E-state index < -0.39 is 0 Å². The monoisotopic (exact) mass is 149 g/mol. The molecule has 11 heavy (non-hydrogen) atoms. The molecule has 1 aromatic carbocycles. The zero-order valence-electron chi connectivity index (χ0n) is 6.51. The minimum absolute atomic E-state index is 0.602. The van der Waals surface area contributed by atoms with Gasteiger partial charge in [-0.25, -0.2) is 0 Å². The van der Waals surface area contributed by atoms with Crippen molar-refractivity contribution in [2.75, 3.05) is 0 Å². The molecule has 59 valence electrons. The minimum Gasteiger partial charge on any atom is -0.331 e. The lowest BCUT2D eigenvalue weighted by molar-refractivity contribution is -0.612. The normalized spacial score (nSPS) is 10.0. The number of hydrogen-bond acceptors (Lipinski definition) is 2. The van der Waals surface area contributed by atoms with Gasteiger partial charge in [-0.15, -0.1) is 7.05 Å². The molecule has 0 saturated carbocycles. The largest absolute Gasteiger partial charge is 0.331 e. The Morgan fingerprint density at radius 2 is 2.09 bits per heavy atom. The number of rotatable bonds is 3. The van der Waals surface area contributed by atoms with Gasteiger partial charge in [-0.05, 0) is 11.6 Å². The Hall–Kier alpha value is -0.860. The van der Waals surface area contributed by atoms with Crippen molar-refractivity contribution >= 4 is 0 Å². The van der Waals surface area contributed by atoms with Crippen LogP contribution in [-0.2, 0) is 13.1 Å². The predicted molar refractivity (Wildman–Crippen MR) is 44.4 cm³/mol. The maximum Gasteiger partial charge on any atom is 0.118 e. The molecule has 1 aromatic rings. The number of nitrogens with one attached hydrogen (secondary N) is 1. The molecular weight excluding hydrogens is 136 g/mol. The van der Waals surface area contributed by atoms with Crippen LogP contribution in [0, 0.1) is 7.05 Å². The first-order valence-electron chi connectivity index (χ1n) is 3.64. The van der Waals surface area contributed by atoms with E-state index in [-0.39, 0.29) is 0 Å². The highest BCUT2D eigenvalue weighted by Crippen LogP contribution is 2.02. The van der Waals surface area contributed by atoms with Gasteiger partial charge in [0.05, 0.1) is 0 Å². The Kier molecular flexibility index (Phi) is 3.08. The Morgan fingerprint density at radius 3 is 2.73 bits per heavy atom. The molecule has 0 aliphatic carbocycles. The maximum atomic E-state index is 5.48. The summed E-state index contributed by atoms with van der Waals surface area (Å²) < 4.78 is 0. The lowest BCUT2D eigenvalue weighted by atomic mass is 10.1. The average molecular weight is 149 g/mol. The molecule has 0 aliphatic heterocycles. The molecule has 0 amide bonds. The van der Waals surface area contributed by atoms with E-state index in [4.69, 9.17) is 5.73 Å². The molecule has 0 atom stereocenters. The second-order valence-electron chi connectivity index (χ2n) is 2.45. The third kappa shape index (κ3) is 2.33. The van der Waals surface area contributed by atoms with E-state index in [1.807, 2.05) is 12.1 Å². The van der Waals surface area contributed by atoms with Gasteiger partial charge >= 0.3 is 0 Å². The fourth-order valence-electron chi connectivity index (χ4n) is 1.01. The lowest BCUT2D eigenvalue weighted by Gasteiger charge is -1.99. The van der Waals surface area contributed by atoms with Crippen molar-refractivity contribution < 1.29 is 5.32 Å². The van der Waals surface area contributed by atoms with Crippen molar-refractivity contribution in [3.05, 3.63) is 42.4 Å². The average Bonchev–Trinajstić information content (AvgIpc) is 2.06. The summed E-state index contributed by atoms with van der Waals surface area (Å²) in [5.41, 5.74) is 7.87. The second-order valence-corrected chi connectivity index (χ2v) is 2.45. The SMILES string of the molecule is [CH2-][NH+]Cc1cccc(CN)c1. The van der Waals surface area contributed by atoms with Crippen LogP contribution in [0.2, 0.25) is 0 Å². The van der Waals surface area contributed by atoms with Gasteiger partial charge in [0.25, 0.3) is 0 Å². The maximum absolute atomic E-state index is 5.48. The van der Waals surface area contributed by atoms with Crippen LogP contribution in [0.3, 0.4) is 0 Å². The molecule has 2 nitrogen and oxygen atoms in total. The Labute approximate surface area is 67.4 Å². The van der Waals surface area contributed by atoms with Crippen molar-refractivity contribution in [3.8, 4) is 0 Å². The Bertz CT molecular complexity index is 221. The molecule has 2 heteroatoms. The van der Waals surface area contributed by atoms with Gasteiger partial charge in [0, 0.05) is 12.1 Å². The van der Waals surface area contributed by atoms with Gasteiger partial charge in [0.2, 0.25) is 0 Å². The fraction of sp³-hybridized carbons (Fsp3) is 0.222. The predicted octanol–water partition coefficient (Wildman–Crippen LogP) is -0.214. The molecule has 0 spiro atoms. The zero-order chi connectivity index (χ0) is 8.10. The minimum atomic E-state index is 0.602. The van der Waals surface area contributed by atoms with Crippen LogP contribution >= 0.6 is 0 Å². The van der Waals surface area contributed by atoms with Crippen LogP contribution in [0.4, 0.5) is 0 Å². The zero-order valence-corrected chi connectivity index (χ0v) is 6.51. The molecule has 0 saturated heterocycles. The highest BCUT2D eigenvalue weighted by Gasteiger charge is 1.93. The molecule has 0 fully saturated rings. The standard InChI is InChI=1S/C9H13N2/c1-11-7-9-4-2-3-8(5-9)6-10/h2-5,11H,1,6-7,10H2. The molecular formula is C9H13N2. The van der Waals surface area contributed by atoms with Gasteiger partial charge in [-0.3, -0.25) is 0 Å². The summed E-state index contributed by atoms with van der Waals surface area (Å²) in [5.74, 6) is 0. The number of nitrogens with two attached hydrogens (primary N) is 1. The molecule has 0 heterocycles. The van der Waals surface area contributed by atoms with Gasteiger partial charge < -0.3 is 11.1 Å². The smallest absolute Gasteiger partial charge is 0.118 e. The van der Waals surface area contributed by atoms with Crippen molar-refractivity contribution in [2.45, 2.75) is 13.1 Å². The van der Waals surface area contributed by atoms with Crippen LogP contribution in [0.5, 0.6) is 0 Å². The molecule has 0 unspecified atom stereocenters. The molecule has 0 aliphatic rings. The number of hydrogen-bond donors (Lipinski definition) is 2. The Morgan fingerprint density at radius 1 is 1.36 bits per heavy atom. The Balaban J connectivity index is 2.74. The topological polar surface area (TPSA) is 41.6 Å². The van der Waals surface area contributed by atoms with E-state index in [9.17, 15) is 0 Å². The molecule has 0 aromatic heterocycles. The van der Waals surface area contributed by atoms with Crippen molar-refractivity contribution in [1.82, 2.24) is 0 Å². The van der Waals surface area contributed by atoms with Crippen molar-refractivity contribution in [2.24, 2.45) is 5.73 Å². The first-order chi connectivity index (χ1) is 5.36. The van der Waals surface area contributed by atoms with E-state index in [0.29, 0.717) is 6.54 Å². The third-order valence-corrected chi connectivity index (χ3v) is 1.56. The first-order valence-corrected chi connectivity index (χ1v) is 3.64. The molecule has 1 rings (SSSR count). The summed E-state index contributed by atoms with van der Waals surface area (Å²) >= 11 is 0. The summed E-state index contributed by atoms with van der Waals surface area (Å²) in [5, 5.41) is 2.84. The van der Waals surface area contributed by atoms with Gasteiger partial charge in [-0.1, -0.05) is 18.2 Å². The molecule has 1 radical (unpaired) electrons. The second kappa shape index (κ2) is 4.11. The van der Waals surface area contributed by atoms with Crippen LogP contribution in [-0.4, -0.2) is 0 Å². The van der Waals surface area contributed by atoms with Gasteiger partial charge in [-0.2, -0.15) is 0 Å². The van der Waals surface area contributed by atoms with Crippen molar-refractivity contribution in [3.63, 3.8) is 0 Å². The van der Waals surface area contributed by atoms with E-state index in [0.717, 1.165) is 12.1 Å². The highest BCUT2D eigenvalue weighted by atomic mass is 14.8. The highest BCUT2D eigenvalue weighted by molar-refractivity contribution is 5.22. The molecule has 0 bridgehead atoms. The first kappa shape index (κ1) is 8.24. The summed E-state index contributed by atoms with van der Waals surface area (Å²) in [6.07, 6.45) is 0. The summed E-state index contributed by atoms with van der Waals surface area (Å²) in [6, 6.07) is 8.16. The van der Waals surface area contributed by atoms with Crippen LogP contribution in [0.25, 0.3) is 0 Å². The quantitative estimate of drug-likeness (QED) is 0.573. The summed E-state index contributed by atoms with van der Waals surface area (Å²) in [4.78, 5) is 0. The lowest BCUT2D eigenvalue weighted by Crippen LogP contribution is -2.74. The summed E-state index contributed by atoms with van der Waals surface area (Å²) in [6.45, 7) is 1.40. The van der Waals surface area contributed by atoms with E-state index in [1.165, 1.54) is 5.56 Å². The van der Waals surface area contributed by atoms with Crippen molar-refractivity contribution in [1.29, 1.82) is 0 Å².